The molecule has 0 aliphatic heterocycles. The van der Waals surface area contributed by atoms with Gasteiger partial charge < -0.3 is 15.7 Å². The molecule has 1 rings (SSSR count). The molecule has 0 aromatic heterocycles. The van der Waals surface area contributed by atoms with Crippen LogP contribution in [0.1, 0.15) is 10.4 Å². The molecular weight excluding hydrogens is 303 g/mol. The highest BCUT2D eigenvalue weighted by atomic mass is 19.3. The molecule has 0 heterocycles. The third-order valence-electron chi connectivity index (χ3n) is 2.27. The van der Waals surface area contributed by atoms with Gasteiger partial charge >= 0.3 is 24.3 Å². The van der Waals surface area contributed by atoms with E-state index in [1.165, 1.54) is 5.32 Å². The normalized spacial score (nSPS) is 11.3. The first-order valence-electron chi connectivity index (χ1n) is 5.37. The van der Waals surface area contributed by atoms with Crippen LogP contribution in [0, 0.1) is 5.82 Å². The maximum absolute atomic E-state index is 13.4. The average Bonchev–Trinajstić information content (AvgIpc) is 2.38. The molecule has 3 N–H and O–H groups in total. The molecule has 0 saturated carbocycles. The monoisotopic (exact) mass is 312 g/mol. The van der Waals surface area contributed by atoms with Gasteiger partial charge in [0.2, 0.25) is 0 Å². The van der Waals surface area contributed by atoms with E-state index in [0.29, 0.717) is 6.07 Å². The molecule has 21 heavy (non-hydrogen) atoms. The molecule has 2 amide bonds. The van der Waals surface area contributed by atoms with Crippen LogP contribution in [-0.4, -0.2) is 36.0 Å². The maximum Gasteiger partial charge on any atom is 0.335 e. The van der Waals surface area contributed by atoms with E-state index in [-0.39, 0.29) is 5.56 Å². The predicted octanol–water partition coefficient (Wildman–Crippen LogP) is 2.55. The third kappa shape index (κ3) is 4.58. The van der Waals surface area contributed by atoms with Gasteiger partial charge in [0.15, 0.2) is 0 Å². The first kappa shape index (κ1) is 16.7. The van der Waals surface area contributed by atoms with Crippen molar-refractivity contribution in [3.8, 4) is 0 Å². The smallest absolute Gasteiger partial charge is 0.335 e. The zero-order chi connectivity index (χ0) is 16.2. The fourth-order valence-corrected chi connectivity index (χ4v) is 1.19. The van der Waals surface area contributed by atoms with Crippen LogP contribution in [0.4, 0.5) is 32.4 Å². The summed E-state index contributed by atoms with van der Waals surface area (Å²) in [5, 5.41) is 11.8. The van der Waals surface area contributed by atoms with Gasteiger partial charge in [-0.25, -0.2) is 22.8 Å². The van der Waals surface area contributed by atoms with Crippen LogP contribution in [0.15, 0.2) is 18.2 Å². The van der Waals surface area contributed by atoms with Crippen molar-refractivity contribution in [3.05, 3.63) is 29.6 Å². The second-order valence-corrected chi connectivity index (χ2v) is 3.87. The Morgan fingerprint density at radius 3 is 2.38 bits per heavy atom. The standard InChI is InChI=1S/C11H9F5N2O3/c12-6-3-5(8(19)20)1-2-7(6)18-10(21)17-4-11(15,16)9(13)14/h1-3,9H,4H2,(H,19,20)(H2,17,18,21). The summed E-state index contributed by atoms with van der Waals surface area (Å²) in [5.41, 5.74) is -0.874. The van der Waals surface area contributed by atoms with Crippen LogP contribution in [0.25, 0.3) is 0 Å². The molecule has 1 aromatic carbocycles. The van der Waals surface area contributed by atoms with Gasteiger partial charge in [-0.3, -0.25) is 0 Å². The van der Waals surface area contributed by atoms with Gasteiger partial charge in [0.05, 0.1) is 17.8 Å². The van der Waals surface area contributed by atoms with Crippen LogP contribution in [-0.2, 0) is 0 Å². The topological polar surface area (TPSA) is 78.4 Å². The Morgan fingerprint density at radius 2 is 1.90 bits per heavy atom. The molecule has 0 bridgehead atoms. The van der Waals surface area contributed by atoms with E-state index in [1.54, 1.807) is 5.32 Å². The molecule has 5 nitrogen and oxygen atoms in total. The molecule has 0 unspecified atom stereocenters. The van der Waals surface area contributed by atoms with Crippen molar-refractivity contribution in [2.24, 2.45) is 0 Å². The molecule has 0 atom stereocenters. The van der Waals surface area contributed by atoms with Crippen molar-refractivity contribution in [1.29, 1.82) is 0 Å². The summed E-state index contributed by atoms with van der Waals surface area (Å²) in [6.45, 7) is -1.63. The first-order valence-corrected chi connectivity index (χ1v) is 5.37. The molecule has 0 radical (unpaired) electrons. The third-order valence-corrected chi connectivity index (χ3v) is 2.27. The molecule has 0 spiro atoms. The van der Waals surface area contributed by atoms with E-state index in [2.05, 4.69) is 0 Å². The van der Waals surface area contributed by atoms with Crippen LogP contribution in [0.5, 0.6) is 0 Å². The summed E-state index contributed by atoms with van der Waals surface area (Å²) in [7, 11) is 0. The minimum absolute atomic E-state index is 0.386. The Balaban J connectivity index is 2.66. The Labute approximate surface area is 114 Å². The summed E-state index contributed by atoms with van der Waals surface area (Å²) in [4.78, 5) is 21.7. The number of anilines is 1. The number of halogens is 5. The highest BCUT2D eigenvalue weighted by Crippen LogP contribution is 2.21. The molecule has 10 heteroatoms. The number of carbonyl (C=O) groups excluding carboxylic acids is 1. The van der Waals surface area contributed by atoms with Crippen molar-refractivity contribution in [1.82, 2.24) is 5.32 Å². The minimum atomic E-state index is -4.41. The number of hydrogen-bond acceptors (Lipinski definition) is 2. The van der Waals surface area contributed by atoms with E-state index in [1.807, 2.05) is 0 Å². The number of carbonyl (C=O) groups is 2. The zero-order valence-electron chi connectivity index (χ0n) is 10.2. The highest BCUT2D eigenvalue weighted by Gasteiger charge is 2.40. The number of rotatable bonds is 5. The van der Waals surface area contributed by atoms with Crippen molar-refractivity contribution >= 4 is 17.7 Å². The lowest BCUT2D eigenvalue weighted by Gasteiger charge is -2.16. The van der Waals surface area contributed by atoms with Crippen molar-refractivity contribution in [2.75, 3.05) is 11.9 Å². The van der Waals surface area contributed by atoms with E-state index < -0.39 is 42.4 Å². The quantitative estimate of drug-likeness (QED) is 0.731. The number of aromatic carboxylic acids is 1. The number of amides is 2. The van der Waals surface area contributed by atoms with Gasteiger partial charge in [0, 0.05) is 0 Å². The van der Waals surface area contributed by atoms with E-state index in [9.17, 15) is 31.5 Å². The van der Waals surface area contributed by atoms with E-state index >= 15 is 0 Å². The number of carboxylic acid groups (broad SMARTS) is 1. The maximum atomic E-state index is 13.4. The number of urea groups is 1. The summed E-state index contributed by atoms with van der Waals surface area (Å²) in [5.74, 6) is -6.93. The molecule has 116 valence electrons. The number of nitrogens with one attached hydrogen (secondary N) is 2. The van der Waals surface area contributed by atoms with E-state index in [0.717, 1.165) is 12.1 Å². The van der Waals surface area contributed by atoms with Gasteiger partial charge in [-0.1, -0.05) is 0 Å². The van der Waals surface area contributed by atoms with Crippen LogP contribution < -0.4 is 10.6 Å². The minimum Gasteiger partial charge on any atom is -0.478 e. The second-order valence-electron chi connectivity index (χ2n) is 3.87. The zero-order valence-corrected chi connectivity index (χ0v) is 10.2. The van der Waals surface area contributed by atoms with E-state index in [4.69, 9.17) is 5.11 Å². The largest absolute Gasteiger partial charge is 0.478 e. The van der Waals surface area contributed by atoms with Crippen LogP contribution >= 0.6 is 0 Å². The number of carboxylic acids is 1. The lowest BCUT2D eigenvalue weighted by atomic mass is 10.2. The lowest BCUT2D eigenvalue weighted by molar-refractivity contribution is -0.123. The number of hydrogen-bond donors (Lipinski definition) is 3. The second kappa shape index (κ2) is 6.37. The molecule has 0 aliphatic carbocycles. The first-order chi connectivity index (χ1) is 9.63. The van der Waals surface area contributed by atoms with Gasteiger partial charge in [-0.15, -0.1) is 0 Å². The van der Waals surface area contributed by atoms with Crippen molar-refractivity contribution < 1.29 is 36.6 Å². The molecular formula is C11H9F5N2O3. The van der Waals surface area contributed by atoms with Crippen LogP contribution in [0.3, 0.4) is 0 Å². The Bertz CT molecular complexity index is 551. The Hall–Kier alpha value is -2.39. The predicted molar refractivity (Wildman–Crippen MR) is 61.3 cm³/mol. The number of benzene rings is 1. The van der Waals surface area contributed by atoms with Gasteiger partial charge in [0.1, 0.15) is 5.82 Å². The fraction of sp³-hybridized carbons (Fsp3) is 0.273. The van der Waals surface area contributed by atoms with Crippen molar-refractivity contribution in [2.45, 2.75) is 12.3 Å². The van der Waals surface area contributed by atoms with Gasteiger partial charge in [-0.05, 0) is 18.2 Å². The molecule has 0 fully saturated rings. The SMILES string of the molecule is O=C(NCC(F)(F)C(F)F)Nc1ccc(C(=O)O)cc1F. The Morgan fingerprint density at radius 1 is 1.29 bits per heavy atom. The summed E-state index contributed by atoms with van der Waals surface area (Å²) >= 11 is 0. The molecule has 0 aliphatic rings. The highest BCUT2D eigenvalue weighted by molar-refractivity contribution is 5.91. The van der Waals surface area contributed by atoms with Gasteiger partial charge in [0.25, 0.3) is 0 Å². The van der Waals surface area contributed by atoms with Crippen LogP contribution in [0.2, 0.25) is 0 Å². The number of alkyl halides is 4. The summed E-state index contributed by atoms with van der Waals surface area (Å²) in [6.07, 6.45) is -3.95. The summed E-state index contributed by atoms with van der Waals surface area (Å²) < 4.78 is 62.1. The van der Waals surface area contributed by atoms with Crippen molar-refractivity contribution in [3.63, 3.8) is 0 Å². The average molecular weight is 312 g/mol. The lowest BCUT2D eigenvalue weighted by Crippen LogP contribution is -2.43. The molecule has 0 saturated heterocycles. The summed E-state index contributed by atoms with van der Waals surface area (Å²) in [6, 6.07) is 1.13. The molecule has 1 aromatic rings. The van der Waals surface area contributed by atoms with Gasteiger partial charge in [-0.2, -0.15) is 8.78 Å². The fourth-order valence-electron chi connectivity index (χ4n) is 1.19. The Kier molecular flexibility index (Phi) is 5.06.